The molecule has 19 heavy (non-hydrogen) atoms. The van der Waals surface area contributed by atoms with Crippen LogP contribution in [0.4, 0.5) is 5.82 Å². The van der Waals surface area contributed by atoms with E-state index in [1.807, 2.05) is 42.2 Å². The molecule has 1 N–H and O–H groups in total. The number of carboxylic acids is 1. The molecule has 4 nitrogen and oxygen atoms in total. The van der Waals surface area contributed by atoms with Gasteiger partial charge in [0.1, 0.15) is 5.82 Å². The topological polar surface area (TPSA) is 53.4 Å². The summed E-state index contributed by atoms with van der Waals surface area (Å²) >= 11 is 0. The molecule has 1 aromatic heterocycles. The molecule has 0 saturated heterocycles. The van der Waals surface area contributed by atoms with Crippen molar-refractivity contribution in [3.63, 3.8) is 0 Å². The zero-order valence-electron chi connectivity index (χ0n) is 11.2. The number of aromatic nitrogens is 1. The van der Waals surface area contributed by atoms with E-state index >= 15 is 0 Å². The van der Waals surface area contributed by atoms with Gasteiger partial charge in [0.05, 0.1) is 5.92 Å². The number of carboxylic acid groups (broad SMARTS) is 1. The minimum atomic E-state index is -0.779. The van der Waals surface area contributed by atoms with Crippen LogP contribution in [0.1, 0.15) is 13.8 Å². The third kappa shape index (κ3) is 2.84. The van der Waals surface area contributed by atoms with E-state index in [2.05, 4.69) is 4.98 Å². The molecule has 0 spiro atoms. The number of anilines is 1. The monoisotopic (exact) mass is 258 g/mol. The smallest absolute Gasteiger partial charge is 0.308 e. The fraction of sp³-hybridized carbons (Fsp3) is 0.333. The van der Waals surface area contributed by atoms with E-state index < -0.39 is 11.9 Å². The molecule has 2 rings (SSSR count). The second-order valence-electron chi connectivity index (χ2n) is 4.63. The quantitative estimate of drug-likeness (QED) is 0.896. The molecular formula is C15H18N2O2. The van der Waals surface area contributed by atoms with E-state index in [-0.39, 0.29) is 0 Å². The van der Waals surface area contributed by atoms with Crippen LogP contribution in [-0.2, 0) is 4.79 Å². The predicted octanol–water partition coefficient (Wildman–Crippen LogP) is 2.78. The van der Waals surface area contributed by atoms with Crippen LogP contribution in [0.15, 0.2) is 36.5 Å². The van der Waals surface area contributed by atoms with Gasteiger partial charge in [0.15, 0.2) is 0 Å². The van der Waals surface area contributed by atoms with Crippen molar-refractivity contribution in [2.24, 2.45) is 5.92 Å². The molecule has 1 atom stereocenters. The Bertz CT molecular complexity index is 578. The highest BCUT2D eigenvalue weighted by Gasteiger charge is 2.17. The number of rotatable bonds is 5. The molecule has 0 amide bonds. The van der Waals surface area contributed by atoms with E-state index in [1.165, 1.54) is 0 Å². The van der Waals surface area contributed by atoms with E-state index in [0.29, 0.717) is 6.54 Å². The van der Waals surface area contributed by atoms with Gasteiger partial charge in [-0.05, 0) is 18.4 Å². The summed E-state index contributed by atoms with van der Waals surface area (Å²) in [6.45, 7) is 4.93. The number of pyridine rings is 1. The summed E-state index contributed by atoms with van der Waals surface area (Å²) in [6, 6.07) is 9.98. The summed E-state index contributed by atoms with van der Waals surface area (Å²) in [5.41, 5.74) is 0. The Morgan fingerprint density at radius 2 is 2.11 bits per heavy atom. The van der Waals surface area contributed by atoms with Crippen molar-refractivity contribution < 1.29 is 9.90 Å². The van der Waals surface area contributed by atoms with Crippen LogP contribution in [0, 0.1) is 5.92 Å². The Balaban J connectivity index is 2.38. The highest BCUT2D eigenvalue weighted by Crippen LogP contribution is 2.24. The van der Waals surface area contributed by atoms with Crippen LogP contribution in [0.25, 0.3) is 10.8 Å². The molecule has 0 aliphatic carbocycles. The average molecular weight is 258 g/mol. The van der Waals surface area contributed by atoms with Crippen LogP contribution in [0.5, 0.6) is 0 Å². The largest absolute Gasteiger partial charge is 0.481 e. The SMILES string of the molecule is CCN(CC(C)C(=O)O)c1nccc2ccccc12. The minimum Gasteiger partial charge on any atom is -0.481 e. The Kier molecular flexibility index (Phi) is 4.00. The number of hydrogen-bond donors (Lipinski definition) is 1. The Morgan fingerprint density at radius 1 is 1.37 bits per heavy atom. The predicted molar refractivity (Wildman–Crippen MR) is 76.4 cm³/mol. The van der Waals surface area contributed by atoms with Gasteiger partial charge in [0.2, 0.25) is 0 Å². The van der Waals surface area contributed by atoms with Gasteiger partial charge in [0, 0.05) is 24.7 Å². The lowest BCUT2D eigenvalue weighted by atomic mass is 10.1. The van der Waals surface area contributed by atoms with Crippen molar-refractivity contribution in [1.29, 1.82) is 0 Å². The first-order valence-electron chi connectivity index (χ1n) is 6.45. The van der Waals surface area contributed by atoms with Crippen molar-refractivity contribution >= 4 is 22.6 Å². The summed E-state index contributed by atoms with van der Waals surface area (Å²) in [7, 11) is 0. The van der Waals surface area contributed by atoms with Crippen LogP contribution in [-0.4, -0.2) is 29.1 Å². The van der Waals surface area contributed by atoms with Crippen LogP contribution < -0.4 is 4.90 Å². The van der Waals surface area contributed by atoms with Crippen molar-refractivity contribution in [3.05, 3.63) is 36.5 Å². The van der Waals surface area contributed by atoms with Gasteiger partial charge in [-0.2, -0.15) is 0 Å². The first-order chi connectivity index (χ1) is 9.13. The summed E-state index contributed by atoms with van der Waals surface area (Å²) in [4.78, 5) is 17.4. The number of hydrogen-bond acceptors (Lipinski definition) is 3. The second kappa shape index (κ2) is 5.69. The summed E-state index contributed by atoms with van der Waals surface area (Å²) in [5, 5.41) is 11.2. The van der Waals surface area contributed by atoms with Crippen LogP contribution in [0.2, 0.25) is 0 Å². The zero-order chi connectivity index (χ0) is 13.8. The summed E-state index contributed by atoms with van der Waals surface area (Å²) in [5.74, 6) is -0.340. The maximum atomic E-state index is 11.0. The summed E-state index contributed by atoms with van der Waals surface area (Å²) in [6.07, 6.45) is 1.77. The molecule has 100 valence electrons. The summed E-state index contributed by atoms with van der Waals surface area (Å²) < 4.78 is 0. The van der Waals surface area contributed by atoms with Crippen LogP contribution in [0.3, 0.4) is 0 Å². The number of aliphatic carboxylic acids is 1. The Labute approximate surface area is 112 Å². The molecule has 0 radical (unpaired) electrons. The van der Waals surface area contributed by atoms with E-state index in [1.54, 1.807) is 13.1 Å². The lowest BCUT2D eigenvalue weighted by Gasteiger charge is -2.25. The first-order valence-corrected chi connectivity index (χ1v) is 6.45. The standard InChI is InChI=1S/C15H18N2O2/c1-3-17(10-11(2)15(18)19)14-13-7-5-4-6-12(13)8-9-16-14/h4-9,11H,3,10H2,1-2H3,(H,18,19). The highest BCUT2D eigenvalue weighted by atomic mass is 16.4. The average Bonchev–Trinajstić information content (AvgIpc) is 2.44. The lowest BCUT2D eigenvalue weighted by Crippen LogP contribution is -2.32. The fourth-order valence-electron chi connectivity index (χ4n) is 2.13. The van der Waals surface area contributed by atoms with Gasteiger partial charge in [-0.3, -0.25) is 4.79 Å². The van der Waals surface area contributed by atoms with Gasteiger partial charge in [-0.15, -0.1) is 0 Å². The van der Waals surface area contributed by atoms with Crippen molar-refractivity contribution in [2.75, 3.05) is 18.0 Å². The van der Waals surface area contributed by atoms with Gasteiger partial charge in [-0.25, -0.2) is 4.98 Å². The van der Waals surface area contributed by atoms with Crippen LogP contribution >= 0.6 is 0 Å². The Hall–Kier alpha value is -2.10. The van der Waals surface area contributed by atoms with E-state index in [0.717, 1.165) is 23.1 Å². The number of benzene rings is 1. The highest BCUT2D eigenvalue weighted by molar-refractivity contribution is 5.92. The van der Waals surface area contributed by atoms with Crippen molar-refractivity contribution in [2.45, 2.75) is 13.8 Å². The van der Waals surface area contributed by atoms with E-state index in [9.17, 15) is 4.79 Å². The molecule has 0 aliphatic rings. The maximum absolute atomic E-state index is 11.0. The molecule has 0 fully saturated rings. The molecule has 0 aliphatic heterocycles. The van der Waals surface area contributed by atoms with Gasteiger partial charge in [-0.1, -0.05) is 31.2 Å². The number of fused-ring (bicyclic) bond motifs is 1. The maximum Gasteiger partial charge on any atom is 0.308 e. The lowest BCUT2D eigenvalue weighted by molar-refractivity contribution is -0.140. The first kappa shape index (κ1) is 13.3. The third-order valence-electron chi connectivity index (χ3n) is 3.25. The van der Waals surface area contributed by atoms with Gasteiger partial charge in [0.25, 0.3) is 0 Å². The second-order valence-corrected chi connectivity index (χ2v) is 4.63. The Morgan fingerprint density at radius 3 is 2.79 bits per heavy atom. The third-order valence-corrected chi connectivity index (χ3v) is 3.25. The number of nitrogens with zero attached hydrogens (tertiary/aromatic N) is 2. The van der Waals surface area contributed by atoms with Crippen molar-refractivity contribution in [1.82, 2.24) is 4.98 Å². The molecule has 0 bridgehead atoms. The molecule has 2 aromatic rings. The zero-order valence-corrected chi connectivity index (χ0v) is 11.2. The van der Waals surface area contributed by atoms with Crippen molar-refractivity contribution in [3.8, 4) is 0 Å². The fourth-order valence-corrected chi connectivity index (χ4v) is 2.13. The molecule has 0 saturated carbocycles. The van der Waals surface area contributed by atoms with Gasteiger partial charge >= 0.3 is 5.97 Å². The number of carbonyl (C=O) groups is 1. The molecule has 4 heteroatoms. The molecule has 1 aromatic carbocycles. The van der Waals surface area contributed by atoms with Gasteiger partial charge < -0.3 is 10.0 Å². The van der Waals surface area contributed by atoms with E-state index in [4.69, 9.17) is 5.11 Å². The molecular weight excluding hydrogens is 240 g/mol. The molecule has 1 heterocycles. The normalized spacial score (nSPS) is 12.3. The minimum absolute atomic E-state index is 0.416. The molecule has 1 unspecified atom stereocenters.